The van der Waals surface area contributed by atoms with E-state index in [1.54, 1.807) is 31.2 Å². The van der Waals surface area contributed by atoms with E-state index < -0.39 is 12.0 Å². The van der Waals surface area contributed by atoms with Crippen LogP contribution in [0.3, 0.4) is 0 Å². The van der Waals surface area contributed by atoms with E-state index in [1.165, 1.54) is 0 Å². The zero-order chi connectivity index (χ0) is 24.6. The van der Waals surface area contributed by atoms with Gasteiger partial charge in [-0.15, -0.1) is 0 Å². The number of amides is 1. The number of hydrogen-bond acceptors (Lipinski definition) is 5. The van der Waals surface area contributed by atoms with E-state index in [-0.39, 0.29) is 19.1 Å². The summed E-state index contributed by atoms with van der Waals surface area (Å²) < 4.78 is 11.3. The predicted octanol–water partition coefficient (Wildman–Crippen LogP) is 4.20. The van der Waals surface area contributed by atoms with Gasteiger partial charge in [0.15, 0.2) is 11.7 Å². The molecule has 0 fully saturated rings. The second-order valence-corrected chi connectivity index (χ2v) is 8.06. The second kappa shape index (κ2) is 11.3. The van der Waals surface area contributed by atoms with E-state index in [0.29, 0.717) is 33.4 Å². The van der Waals surface area contributed by atoms with Crippen LogP contribution in [-0.2, 0) is 14.3 Å². The van der Waals surface area contributed by atoms with E-state index in [4.69, 9.17) is 21.7 Å². The van der Waals surface area contributed by atoms with Crippen LogP contribution in [0.5, 0.6) is 5.75 Å². The molecule has 1 aliphatic heterocycles. The monoisotopic (exact) mass is 487 g/mol. The Hall–Kier alpha value is -4.17. The lowest BCUT2D eigenvalue weighted by Gasteiger charge is -2.32. The van der Waals surface area contributed by atoms with Crippen LogP contribution in [0.1, 0.15) is 24.1 Å². The van der Waals surface area contributed by atoms with Gasteiger partial charge in [-0.25, -0.2) is 4.79 Å². The molecule has 4 rings (SSSR count). The smallest absolute Gasteiger partial charge is 0.338 e. The molecule has 8 heteroatoms. The molecule has 1 unspecified atom stereocenters. The van der Waals surface area contributed by atoms with Crippen molar-refractivity contribution in [3.63, 3.8) is 0 Å². The second-order valence-electron chi connectivity index (χ2n) is 7.65. The molecule has 0 aliphatic carbocycles. The molecular weight excluding hydrogens is 462 g/mol. The third-order valence-corrected chi connectivity index (χ3v) is 5.50. The molecule has 0 bridgehead atoms. The van der Waals surface area contributed by atoms with E-state index >= 15 is 0 Å². The van der Waals surface area contributed by atoms with E-state index in [1.807, 2.05) is 60.7 Å². The fourth-order valence-electron chi connectivity index (χ4n) is 3.77. The van der Waals surface area contributed by atoms with Gasteiger partial charge in [0.05, 0.1) is 23.9 Å². The zero-order valence-corrected chi connectivity index (χ0v) is 19.9. The van der Waals surface area contributed by atoms with Crippen molar-refractivity contribution >= 4 is 40.6 Å². The van der Waals surface area contributed by atoms with Crippen LogP contribution in [0.25, 0.3) is 5.70 Å². The van der Waals surface area contributed by atoms with Crippen molar-refractivity contribution in [3.05, 3.63) is 102 Å². The Morgan fingerprint density at radius 2 is 1.60 bits per heavy atom. The SMILES string of the molecule is CCOC(=O)C1=C(c2ccccc2)NC(=S)NC1c1ccccc1OCC(=O)Nc1ccccc1. The van der Waals surface area contributed by atoms with Crippen molar-refractivity contribution in [1.82, 2.24) is 10.6 Å². The Morgan fingerprint density at radius 3 is 2.31 bits per heavy atom. The Labute approximate surface area is 209 Å². The summed E-state index contributed by atoms with van der Waals surface area (Å²) >= 11 is 5.47. The fraction of sp³-hybridized carbons (Fsp3) is 0.148. The maximum absolute atomic E-state index is 13.1. The van der Waals surface area contributed by atoms with Crippen LogP contribution < -0.4 is 20.7 Å². The minimum Gasteiger partial charge on any atom is -0.483 e. The summed E-state index contributed by atoms with van der Waals surface area (Å²) in [5.74, 6) is -0.325. The summed E-state index contributed by atoms with van der Waals surface area (Å²) in [5.41, 5.74) is 3.07. The van der Waals surface area contributed by atoms with Gasteiger partial charge in [0.2, 0.25) is 0 Å². The van der Waals surface area contributed by atoms with Crippen LogP contribution >= 0.6 is 12.2 Å². The first-order valence-electron chi connectivity index (χ1n) is 11.2. The Bertz CT molecular complexity index is 1250. The molecule has 0 saturated carbocycles. The Morgan fingerprint density at radius 1 is 0.943 bits per heavy atom. The van der Waals surface area contributed by atoms with Crippen LogP contribution in [0.4, 0.5) is 5.69 Å². The lowest BCUT2D eigenvalue weighted by atomic mass is 9.92. The average molecular weight is 488 g/mol. The number of carbonyl (C=O) groups excluding carboxylic acids is 2. The summed E-state index contributed by atoms with van der Waals surface area (Å²) in [6, 6.07) is 25.2. The van der Waals surface area contributed by atoms with Crippen LogP contribution in [0.15, 0.2) is 90.5 Å². The summed E-state index contributed by atoms with van der Waals surface area (Å²) in [7, 11) is 0. The van der Waals surface area contributed by atoms with Gasteiger partial charge in [0, 0.05) is 11.3 Å². The zero-order valence-electron chi connectivity index (χ0n) is 19.1. The number of anilines is 1. The maximum Gasteiger partial charge on any atom is 0.338 e. The number of esters is 1. The number of carbonyl (C=O) groups is 2. The molecule has 3 aromatic carbocycles. The Balaban J connectivity index is 1.66. The van der Waals surface area contributed by atoms with Gasteiger partial charge in [-0.05, 0) is 42.9 Å². The number of hydrogen-bond donors (Lipinski definition) is 3. The molecule has 1 heterocycles. The lowest BCUT2D eigenvalue weighted by Crippen LogP contribution is -2.45. The molecule has 0 saturated heterocycles. The van der Waals surface area contributed by atoms with Crippen molar-refractivity contribution in [2.24, 2.45) is 0 Å². The molecule has 0 spiro atoms. The number of para-hydroxylation sites is 2. The summed E-state index contributed by atoms with van der Waals surface area (Å²) in [6.45, 7) is 1.77. The first-order chi connectivity index (χ1) is 17.1. The van der Waals surface area contributed by atoms with E-state index in [0.717, 1.165) is 5.56 Å². The van der Waals surface area contributed by atoms with Crippen LogP contribution in [-0.4, -0.2) is 30.2 Å². The highest BCUT2D eigenvalue weighted by atomic mass is 32.1. The summed E-state index contributed by atoms with van der Waals surface area (Å²) in [6.07, 6.45) is 0. The molecule has 3 N–H and O–H groups in total. The molecule has 1 aliphatic rings. The van der Waals surface area contributed by atoms with Gasteiger partial charge in [0.1, 0.15) is 5.75 Å². The van der Waals surface area contributed by atoms with Crippen molar-refractivity contribution in [1.29, 1.82) is 0 Å². The van der Waals surface area contributed by atoms with Gasteiger partial charge in [-0.3, -0.25) is 4.79 Å². The number of ether oxygens (including phenoxy) is 2. The van der Waals surface area contributed by atoms with Gasteiger partial charge >= 0.3 is 5.97 Å². The maximum atomic E-state index is 13.1. The number of rotatable bonds is 8. The van der Waals surface area contributed by atoms with E-state index in [2.05, 4.69) is 16.0 Å². The molecule has 35 heavy (non-hydrogen) atoms. The third kappa shape index (κ3) is 5.85. The third-order valence-electron chi connectivity index (χ3n) is 5.28. The molecule has 3 aromatic rings. The number of thiocarbonyl (C=S) groups is 1. The molecular formula is C27H25N3O4S. The normalized spacial score (nSPS) is 15.0. The van der Waals surface area contributed by atoms with E-state index in [9.17, 15) is 9.59 Å². The summed E-state index contributed by atoms with van der Waals surface area (Å²) in [5, 5.41) is 9.44. The van der Waals surface area contributed by atoms with Crippen molar-refractivity contribution in [2.45, 2.75) is 13.0 Å². The highest BCUT2D eigenvalue weighted by Crippen LogP contribution is 2.36. The Kier molecular flexibility index (Phi) is 7.74. The van der Waals surface area contributed by atoms with Gasteiger partial charge in [0.25, 0.3) is 5.91 Å². The first kappa shape index (κ1) is 24.0. The standard InChI is InChI=1S/C27H25N3O4S/c1-2-33-26(32)23-24(18-11-5-3-6-12-18)29-27(35)30-25(23)20-15-9-10-16-21(20)34-17-22(31)28-19-13-7-4-8-14-19/h3-16,25H,2,17H2,1H3,(H,28,31)(H2,29,30,35). The van der Waals surface area contributed by atoms with Crippen molar-refractivity contribution in [2.75, 3.05) is 18.5 Å². The highest BCUT2D eigenvalue weighted by Gasteiger charge is 2.34. The van der Waals surface area contributed by atoms with Crippen molar-refractivity contribution < 1.29 is 19.1 Å². The number of benzene rings is 3. The van der Waals surface area contributed by atoms with Crippen LogP contribution in [0.2, 0.25) is 0 Å². The average Bonchev–Trinajstić information content (AvgIpc) is 2.88. The van der Waals surface area contributed by atoms with Crippen molar-refractivity contribution in [3.8, 4) is 5.75 Å². The van der Waals surface area contributed by atoms with Crippen LogP contribution in [0, 0.1) is 0 Å². The fourth-order valence-corrected chi connectivity index (χ4v) is 3.99. The molecule has 0 radical (unpaired) electrons. The molecule has 178 valence electrons. The molecule has 0 aromatic heterocycles. The van der Waals surface area contributed by atoms with Gasteiger partial charge in [-0.2, -0.15) is 0 Å². The predicted molar refractivity (Wildman–Crippen MR) is 139 cm³/mol. The van der Waals surface area contributed by atoms with Gasteiger partial charge in [-0.1, -0.05) is 66.7 Å². The molecule has 1 atom stereocenters. The van der Waals surface area contributed by atoms with Gasteiger partial charge < -0.3 is 25.4 Å². The quantitative estimate of drug-likeness (QED) is 0.324. The lowest BCUT2D eigenvalue weighted by molar-refractivity contribution is -0.138. The topological polar surface area (TPSA) is 88.7 Å². The molecule has 7 nitrogen and oxygen atoms in total. The highest BCUT2D eigenvalue weighted by molar-refractivity contribution is 7.80. The minimum absolute atomic E-state index is 0.203. The number of nitrogens with one attached hydrogen (secondary N) is 3. The first-order valence-corrected chi connectivity index (χ1v) is 11.6. The molecule has 1 amide bonds. The largest absolute Gasteiger partial charge is 0.483 e. The summed E-state index contributed by atoms with van der Waals surface area (Å²) in [4.78, 5) is 25.6. The minimum atomic E-state index is -0.647.